The first-order valence-corrected chi connectivity index (χ1v) is 7.09. The maximum atomic E-state index is 6.06. The smallest absolute Gasteiger partial charge is 0.0671 e. The van der Waals surface area contributed by atoms with E-state index in [9.17, 15) is 0 Å². The summed E-state index contributed by atoms with van der Waals surface area (Å²) in [4.78, 5) is 1.33. The number of rotatable bonds is 5. The van der Waals surface area contributed by atoms with E-state index in [1.54, 1.807) is 11.3 Å². The molecule has 3 heteroatoms. The van der Waals surface area contributed by atoms with Crippen LogP contribution < -0.4 is 5.32 Å². The van der Waals surface area contributed by atoms with Crippen molar-refractivity contribution < 1.29 is 0 Å². The van der Waals surface area contributed by atoms with Crippen LogP contribution in [-0.2, 0) is 0 Å². The van der Waals surface area contributed by atoms with Crippen LogP contribution in [0.2, 0.25) is 5.02 Å². The second-order valence-corrected chi connectivity index (χ2v) is 5.37. The largest absolute Gasteiger partial charge is 0.306 e. The van der Waals surface area contributed by atoms with Gasteiger partial charge in [-0.3, -0.25) is 0 Å². The van der Waals surface area contributed by atoms with Crippen LogP contribution in [-0.4, -0.2) is 6.54 Å². The molecule has 0 aliphatic heterocycles. The maximum absolute atomic E-state index is 6.06. The number of hydrogen-bond donors (Lipinski definition) is 1. The van der Waals surface area contributed by atoms with Crippen molar-refractivity contribution in [3.63, 3.8) is 0 Å². The highest BCUT2D eigenvalue weighted by Crippen LogP contribution is 2.27. The summed E-state index contributed by atoms with van der Waals surface area (Å²) in [6.07, 6.45) is 1.13. The molecule has 2 aromatic rings. The summed E-state index contributed by atoms with van der Waals surface area (Å²) < 4.78 is 0. The average molecular weight is 266 g/mol. The summed E-state index contributed by atoms with van der Waals surface area (Å²) in [7, 11) is 0. The van der Waals surface area contributed by atoms with Crippen molar-refractivity contribution in [2.45, 2.75) is 19.4 Å². The van der Waals surface area contributed by atoms with Crippen LogP contribution in [0, 0.1) is 0 Å². The molecular formula is C14H16ClNS. The summed E-state index contributed by atoms with van der Waals surface area (Å²) >= 11 is 7.84. The Labute approximate surface area is 111 Å². The van der Waals surface area contributed by atoms with Gasteiger partial charge in [0, 0.05) is 9.90 Å². The maximum Gasteiger partial charge on any atom is 0.0671 e. The van der Waals surface area contributed by atoms with Crippen LogP contribution >= 0.6 is 22.9 Å². The van der Waals surface area contributed by atoms with Gasteiger partial charge >= 0.3 is 0 Å². The molecule has 90 valence electrons. The summed E-state index contributed by atoms with van der Waals surface area (Å²) in [5.74, 6) is 0. The van der Waals surface area contributed by atoms with Crippen LogP contribution in [0.15, 0.2) is 41.8 Å². The lowest BCUT2D eigenvalue weighted by molar-refractivity contribution is 0.606. The number of halogens is 1. The minimum absolute atomic E-state index is 0.258. The first kappa shape index (κ1) is 12.6. The van der Waals surface area contributed by atoms with Crippen LogP contribution in [0.25, 0.3) is 0 Å². The first-order chi connectivity index (χ1) is 8.31. The fourth-order valence-corrected chi connectivity index (χ4v) is 2.84. The van der Waals surface area contributed by atoms with E-state index >= 15 is 0 Å². The number of hydrogen-bond acceptors (Lipinski definition) is 2. The molecule has 0 saturated heterocycles. The highest BCUT2D eigenvalue weighted by Gasteiger charge is 2.14. The van der Waals surface area contributed by atoms with Crippen LogP contribution in [0.4, 0.5) is 0 Å². The van der Waals surface area contributed by atoms with Crippen molar-refractivity contribution in [2.24, 2.45) is 0 Å². The second kappa shape index (κ2) is 6.20. The van der Waals surface area contributed by atoms with Crippen molar-refractivity contribution in [1.82, 2.24) is 5.32 Å². The lowest BCUT2D eigenvalue weighted by Crippen LogP contribution is -2.22. The van der Waals surface area contributed by atoms with E-state index in [2.05, 4.69) is 35.8 Å². The fraction of sp³-hybridized carbons (Fsp3) is 0.286. The molecule has 0 bridgehead atoms. The molecule has 1 aromatic heterocycles. The number of nitrogens with one attached hydrogen (secondary N) is 1. The molecule has 1 unspecified atom stereocenters. The van der Waals surface area contributed by atoms with Gasteiger partial charge in [-0.15, -0.1) is 11.3 Å². The van der Waals surface area contributed by atoms with E-state index in [1.807, 2.05) is 18.2 Å². The second-order valence-electron chi connectivity index (χ2n) is 3.96. The molecule has 0 radical (unpaired) electrons. The van der Waals surface area contributed by atoms with Crippen LogP contribution in [0.1, 0.15) is 29.8 Å². The van der Waals surface area contributed by atoms with Crippen LogP contribution in [0.5, 0.6) is 0 Å². The van der Waals surface area contributed by atoms with Gasteiger partial charge in [-0.25, -0.2) is 0 Å². The van der Waals surface area contributed by atoms with E-state index in [0.29, 0.717) is 0 Å². The molecule has 1 nitrogen and oxygen atoms in total. The first-order valence-electron chi connectivity index (χ1n) is 5.83. The van der Waals surface area contributed by atoms with Crippen LogP contribution in [0.3, 0.4) is 0 Å². The average Bonchev–Trinajstić information content (AvgIpc) is 2.83. The number of thiophene rings is 1. The van der Waals surface area contributed by atoms with Gasteiger partial charge in [0.05, 0.1) is 6.04 Å². The minimum Gasteiger partial charge on any atom is -0.306 e. The Bertz CT molecular complexity index is 453. The lowest BCUT2D eigenvalue weighted by Gasteiger charge is -2.17. The Morgan fingerprint density at radius 1 is 1.29 bits per heavy atom. The van der Waals surface area contributed by atoms with Gasteiger partial charge in [-0.05, 0) is 42.1 Å². The SMILES string of the molecule is CCCNC(c1cccc(Cl)c1)c1cccs1. The van der Waals surface area contributed by atoms with Gasteiger partial charge < -0.3 is 5.32 Å². The summed E-state index contributed by atoms with van der Waals surface area (Å²) in [6.45, 7) is 3.19. The Morgan fingerprint density at radius 2 is 2.18 bits per heavy atom. The van der Waals surface area contributed by atoms with Crippen molar-refractivity contribution >= 4 is 22.9 Å². The Morgan fingerprint density at radius 3 is 2.82 bits per heavy atom. The molecule has 1 aromatic carbocycles. The van der Waals surface area contributed by atoms with E-state index < -0.39 is 0 Å². The molecule has 17 heavy (non-hydrogen) atoms. The monoisotopic (exact) mass is 265 g/mol. The third-order valence-electron chi connectivity index (χ3n) is 2.61. The highest BCUT2D eigenvalue weighted by molar-refractivity contribution is 7.10. The molecule has 0 amide bonds. The molecular weight excluding hydrogens is 250 g/mol. The fourth-order valence-electron chi connectivity index (χ4n) is 1.81. The summed E-state index contributed by atoms with van der Waals surface area (Å²) in [5.41, 5.74) is 1.23. The van der Waals surface area contributed by atoms with Gasteiger partial charge in [0.15, 0.2) is 0 Å². The molecule has 1 heterocycles. The predicted molar refractivity (Wildman–Crippen MR) is 75.9 cm³/mol. The Balaban J connectivity index is 2.27. The minimum atomic E-state index is 0.258. The molecule has 0 saturated carbocycles. The van der Waals surface area contributed by atoms with Crippen molar-refractivity contribution in [3.05, 3.63) is 57.2 Å². The standard InChI is InChI=1S/C14H16ClNS/c1-2-8-16-14(13-7-4-9-17-13)11-5-3-6-12(15)10-11/h3-7,9-10,14,16H,2,8H2,1H3. The van der Waals surface area contributed by atoms with Gasteiger partial charge in [0.25, 0.3) is 0 Å². The van der Waals surface area contributed by atoms with E-state index in [-0.39, 0.29) is 6.04 Å². The zero-order chi connectivity index (χ0) is 12.1. The molecule has 1 N–H and O–H groups in total. The zero-order valence-corrected chi connectivity index (χ0v) is 11.4. The highest BCUT2D eigenvalue weighted by atomic mass is 35.5. The van der Waals surface area contributed by atoms with Crippen molar-refractivity contribution in [2.75, 3.05) is 6.54 Å². The van der Waals surface area contributed by atoms with E-state index in [4.69, 9.17) is 11.6 Å². The third kappa shape index (κ3) is 3.32. The molecule has 0 fully saturated rings. The van der Waals surface area contributed by atoms with Crippen molar-refractivity contribution in [3.8, 4) is 0 Å². The lowest BCUT2D eigenvalue weighted by atomic mass is 10.1. The van der Waals surface area contributed by atoms with Gasteiger partial charge in [-0.1, -0.05) is 36.7 Å². The topological polar surface area (TPSA) is 12.0 Å². The summed E-state index contributed by atoms with van der Waals surface area (Å²) in [5, 5.41) is 6.47. The van der Waals surface area contributed by atoms with Gasteiger partial charge in [0.1, 0.15) is 0 Å². The normalized spacial score (nSPS) is 12.6. The molecule has 2 rings (SSSR count). The molecule has 1 atom stereocenters. The molecule has 0 aliphatic rings. The molecule has 0 spiro atoms. The van der Waals surface area contributed by atoms with Gasteiger partial charge in [0.2, 0.25) is 0 Å². The number of benzene rings is 1. The third-order valence-corrected chi connectivity index (χ3v) is 3.78. The van der Waals surface area contributed by atoms with Crippen molar-refractivity contribution in [1.29, 1.82) is 0 Å². The molecule has 0 aliphatic carbocycles. The quantitative estimate of drug-likeness (QED) is 0.840. The Kier molecular flexibility index (Phi) is 4.60. The zero-order valence-electron chi connectivity index (χ0n) is 9.82. The van der Waals surface area contributed by atoms with E-state index in [0.717, 1.165) is 18.0 Å². The Hall–Kier alpha value is -0.830. The van der Waals surface area contributed by atoms with Gasteiger partial charge in [-0.2, -0.15) is 0 Å². The summed E-state index contributed by atoms with van der Waals surface area (Å²) in [6, 6.07) is 12.6. The van der Waals surface area contributed by atoms with E-state index in [1.165, 1.54) is 10.4 Å². The predicted octanol–water partition coefficient (Wildman–Crippen LogP) is 4.49.